The van der Waals surface area contributed by atoms with Crippen molar-refractivity contribution in [3.63, 3.8) is 0 Å². The maximum atomic E-state index is 12.6. The van der Waals surface area contributed by atoms with Crippen molar-refractivity contribution < 1.29 is 27.5 Å². The van der Waals surface area contributed by atoms with Crippen molar-refractivity contribution in [3.05, 3.63) is 24.3 Å². The van der Waals surface area contributed by atoms with E-state index < -0.39 is 17.9 Å². The summed E-state index contributed by atoms with van der Waals surface area (Å²) in [7, 11) is 0.837. The molecule has 0 aliphatic rings. The monoisotopic (exact) mass is 288 g/mol. The lowest BCUT2D eigenvalue weighted by Gasteiger charge is -2.08. The molecule has 0 saturated carbocycles. The number of carbonyl (C=O) groups excluding carboxylic acids is 2. The molecule has 1 amide bonds. The van der Waals surface area contributed by atoms with Crippen LogP contribution in [0, 0.1) is 0 Å². The highest BCUT2D eigenvalue weighted by Gasteiger charge is 2.41. The van der Waals surface area contributed by atoms with Crippen molar-refractivity contribution in [1.29, 1.82) is 0 Å². The summed E-state index contributed by atoms with van der Waals surface area (Å²) in [6, 6.07) is 5.21. The number of halogens is 3. The Labute approximate surface area is 112 Å². The van der Waals surface area contributed by atoms with Crippen molar-refractivity contribution in [2.75, 3.05) is 12.4 Å². The molecule has 0 unspecified atom stereocenters. The molecule has 1 N–H and O–H groups in total. The fraction of sp³-hybridized carbons (Fsp3) is 0.250. The van der Waals surface area contributed by atoms with Crippen LogP contribution in [0.3, 0.4) is 0 Å². The molecule has 5 nitrogen and oxygen atoms in total. The molecule has 1 aromatic carbocycles. The minimum atomic E-state index is -4.91. The quantitative estimate of drug-likeness (QED) is 0.686. The van der Waals surface area contributed by atoms with Crippen molar-refractivity contribution >= 4 is 29.0 Å². The van der Waals surface area contributed by atoms with Crippen LogP contribution in [-0.4, -0.2) is 30.9 Å². The van der Waals surface area contributed by atoms with Gasteiger partial charge in [-0.05, 0) is 24.3 Å². The zero-order valence-corrected chi connectivity index (χ0v) is 10.6. The van der Waals surface area contributed by atoms with Crippen LogP contribution in [0.1, 0.15) is 6.92 Å². The van der Waals surface area contributed by atoms with Crippen LogP contribution in [-0.2, 0) is 14.3 Å². The Morgan fingerprint density at radius 2 is 1.75 bits per heavy atom. The smallest absolute Gasteiger partial charge is 0.440 e. The Morgan fingerprint density at radius 3 is 2.15 bits per heavy atom. The first-order valence-corrected chi connectivity index (χ1v) is 5.36. The summed E-state index contributed by atoms with van der Waals surface area (Å²) in [6.45, 7) is 1.30. The van der Waals surface area contributed by atoms with Crippen LogP contribution in [0.15, 0.2) is 29.3 Å². The van der Waals surface area contributed by atoms with Gasteiger partial charge in [0.2, 0.25) is 11.6 Å². The second-order valence-electron chi connectivity index (χ2n) is 3.68. The largest absolute Gasteiger partial charge is 0.464 e. The Bertz CT molecular complexity index is 536. The Balaban J connectivity index is 3.06. The van der Waals surface area contributed by atoms with E-state index in [1.54, 1.807) is 0 Å². The molecule has 0 saturated heterocycles. The van der Waals surface area contributed by atoms with Gasteiger partial charge in [-0.1, -0.05) is 0 Å². The van der Waals surface area contributed by atoms with E-state index in [-0.39, 0.29) is 11.6 Å². The number of rotatable bonds is 3. The van der Waals surface area contributed by atoms with E-state index in [0.717, 1.165) is 7.11 Å². The molecular weight excluding hydrogens is 277 g/mol. The lowest BCUT2D eigenvalue weighted by molar-refractivity contribution is -0.137. The number of nitrogens with one attached hydrogen (secondary N) is 1. The summed E-state index contributed by atoms with van der Waals surface area (Å²) in [5.41, 5.74) is -1.33. The van der Waals surface area contributed by atoms with E-state index in [1.807, 2.05) is 0 Å². The zero-order chi connectivity index (χ0) is 15.3. The van der Waals surface area contributed by atoms with Gasteiger partial charge in [-0.15, -0.1) is 0 Å². The SMILES string of the molecule is COC(=O)C(=Nc1ccc(NC(C)=O)cc1)C(F)(F)F. The summed E-state index contributed by atoms with van der Waals surface area (Å²) in [5, 5.41) is 2.45. The van der Waals surface area contributed by atoms with Gasteiger partial charge in [0.1, 0.15) is 0 Å². The molecule has 0 bridgehead atoms. The first-order valence-electron chi connectivity index (χ1n) is 5.36. The van der Waals surface area contributed by atoms with Crippen molar-refractivity contribution in [1.82, 2.24) is 0 Å². The highest BCUT2D eigenvalue weighted by atomic mass is 19.4. The number of amides is 1. The van der Waals surface area contributed by atoms with Crippen LogP contribution in [0.4, 0.5) is 24.5 Å². The average molecular weight is 288 g/mol. The summed E-state index contributed by atoms with van der Waals surface area (Å²) < 4.78 is 41.9. The molecule has 1 aromatic rings. The van der Waals surface area contributed by atoms with E-state index in [4.69, 9.17) is 0 Å². The van der Waals surface area contributed by atoms with Crippen LogP contribution in [0.2, 0.25) is 0 Å². The number of esters is 1. The molecule has 0 spiro atoms. The van der Waals surface area contributed by atoms with Crippen molar-refractivity contribution in [2.45, 2.75) is 13.1 Å². The standard InChI is InChI=1S/C12H11F3N2O3/c1-7(18)16-8-3-5-9(6-4-8)17-10(11(19)20-2)12(13,14)15/h3-6H,1-2H3,(H,16,18). The molecule has 0 atom stereocenters. The van der Waals surface area contributed by atoms with Crippen LogP contribution < -0.4 is 5.32 Å². The Morgan fingerprint density at radius 1 is 1.20 bits per heavy atom. The first-order chi connectivity index (χ1) is 9.24. The number of nitrogens with zero attached hydrogens (tertiary/aromatic N) is 1. The second-order valence-corrected chi connectivity index (χ2v) is 3.68. The van der Waals surface area contributed by atoms with Crippen LogP contribution >= 0.6 is 0 Å². The first kappa shape index (κ1) is 15.7. The van der Waals surface area contributed by atoms with Crippen LogP contribution in [0.25, 0.3) is 0 Å². The molecule has 0 aliphatic carbocycles. The Hall–Kier alpha value is -2.38. The van der Waals surface area contributed by atoms with E-state index in [9.17, 15) is 22.8 Å². The molecule has 0 aromatic heterocycles. The van der Waals surface area contributed by atoms with Gasteiger partial charge in [0.25, 0.3) is 0 Å². The third-order valence-electron chi connectivity index (χ3n) is 2.08. The zero-order valence-electron chi connectivity index (χ0n) is 10.6. The number of anilines is 1. The fourth-order valence-electron chi connectivity index (χ4n) is 1.27. The molecule has 108 valence electrons. The second kappa shape index (κ2) is 6.18. The van der Waals surface area contributed by atoms with Gasteiger partial charge in [-0.3, -0.25) is 4.79 Å². The predicted octanol–water partition coefficient (Wildman–Crippen LogP) is 2.45. The molecule has 0 fully saturated rings. The molecule has 8 heteroatoms. The summed E-state index contributed by atoms with van der Waals surface area (Å²) >= 11 is 0. The summed E-state index contributed by atoms with van der Waals surface area (Å²) in [5.74, 6) is -1.88. The number of benzene rings is 1. The van der Waals surface area contributed by atoms with E-state index >= 15 is 0 Å². The lowest BCUT2D eigenvalue weighted by Crippen LogP contribution is -2.31. The highest BCUT2D eigenvalue weighted by molar-refractivity contribution is 6.39. The highest BCUT2D eigenvalue weighted by Crippen LogP contribution is 2.23. The minimum absolute atomic E-state index is 0.0863. The third-order valence-corrected chi connectivity index (χ3v) is 2.08. The normalized spacial score (nSPS) is 11.9. The van der Waals surface area contributed by atoms with E-state index in [2.05, 4.69) is 15.0 Å². The maximum absolute atomic E-state index is 12.6. The topological polar surface area (TPSA) is 67.8 Å². The van der Waals surface area contributed by atoms with Crippen molar-refractivity contribution in [2.24, 2.45) is 4.99 Å². The van der Waals surface area contributed by atoms with Gasteiger partial charge in [0, 0.05) is 12.6 Å². The number of aliphatic imine (C=N–C) groups is 1. The molecule has 1 rings (SSSR count). The third kappa shape index (κ3) is 4.38. The van der Waals surface area contributed by atoms with Gasteiger partial charge in [-0.25, -0.2) is 9.79 Å². The summed E-state index contributed by atoms with van der Waals surface area (Å²) in [4.78, 5) is 25.1. The summed E-state index contributed by atoms with van der Waals surface area (Å²) in [6.07, 6.45) is -4.91. The molecule has 0 heterocycles. The number of methoxy groups -OCH3 is 1. The van der Waals surface area contributed by atoms with Gasteiger partial charge in [-0.2, -0.15) is 13.2 Å². The van der Waals surface area contributed by atoms with Gasteiger partial charge < -0.3 is 10.1 Å². The molecule has 0 aliphatic heterocycles. The van der Waals surface area contributed by atoms with Gasteiger partial charge in [0.15, 0.2) is 0 Å². The van der Waals surface area contributed by atoms with Crippen molar-refractivity contribution in [3.8, 4) is 0 Å². The molecule has 20 heavy (non-hydrogen) atoms. The Kier molecular flexibility index (Phi) is 4.84. The number of hydrogen-bond acceptors (Lipinski definition) is 4. The van der Waals surface area contributed by atoms with Gasteiger partial charge >= 0.3 is 12.1 Å². The number of carbonyl (C=O) groups is 2. The molecular formula is C12H11F3N2O3. The maximum Gasteiger partial charge on any atom is 0.440 e. The fourth-order valence-corrected chi connectivity index (χ4v) is 1.27. The molecule has 0 radical (unpaired) electrons. The number of alkyl halides is 3. The van der Waals surface area contributed by atoms with E-state index in [1.165, 1.54) is 31.2 Å². The number of hydrogen-bond donors (Lipinski definition) is 1. The van der Waals surface area contributed by atoms with Crippen LogP contribution in [0.5, 0.6) is 0 Å². The minimum Gasteiger partial charge on any atom is -0.464 e. The van der Waals surface area contributed by atoms with Gasteiger partial charge in [0.05, 0.1) is 12.8 Å². The lowest BCUT2D eigenvalue weighted by atomic mass is 10.2. The number of ether oxygens (including phenoxy) is 1. The van der Waals surface area contributed by atoms with E-state index in [0.29, 0.717) is 5.69 Å². The predicted molar refractivity (Wildman–Crippen MR) is 65.9 cm³/mol. The average Bonchev–Trinajstić information content (AvgIpc) is 2.35.